The molecule has 0 atom stereocenters. The van der Waals surface area contributed by atoms with Crippen LogP contribution >= 0.6 is 0 Å². The van der Waals surface area contributed by atoms with Crippen molar-refractivity contribution < 1.29 is 23.6 Å². The summed E-state index contributed by atoms with van der Waals surface area (Å²) in [6.45, 7) is 0. The monoisotopic (exact) mass is 322 g/mol. The highest BCUT2D eigenvalue weighted by Gasteiger charge is 2.17. The van der Waals surface area contributed by atoms with Crippen LogP contribution in [0.2, 0.25) is 0 Å². The van der Waals surface area contributed by atoms with Crippen LogP contribution < -0.4 is 0 Å². The van der Waals surface area contributed by atoms with Crippen molar-refractivity contribution in [1.82, 2.24) is 0 Å². The van der Waals surface area contributed by atoms with E-state index in [-0.39, 0.29) is 10.5 Å². The lowest BCUT2D eigenvalue weighted by Crippen LogP contribution is -1.98. The summed E-state index contributed by atoms with van der Waals surface area (Å²) in [5.41, 5.74) is -0.875. The highest BCUT2D eigenvalue weighted by molar-refractivity contribution is 7.90. The van der Waals surface area contributed by atoms with Crippen molar-refractivity contribution in [3.63, 3.8) is 0 Å². The second-order valence-corrected chi connectivity index (χ2v) is 5.81. The van der Waals surface area contributed by atoms with Gasteiger partial charge in [0.25, 0.3) is 10.0 Å². The Balaban J connectivity index is 2.43. The smallest absolute Gasteiger partial charge is 0.311 e. The first-order chi connectivity index (χ1) is 10.3. The lowest BCUT2D eigenvalue weighted by Gasteiger charge is -2.02. The summed E-state index contributed by atoms with van der Waals surface area (Å²) < 4.78 is 27.2. The van der Waals surface area contributed by atoms with E-state index in [4.69, 9.17) is 0 Å². The molecule has 0 amide bonds. The number of benzene rings is 2. The van der Waals surface area contributed by atoms with Crippen LogP contribution in [-0.4, -0.2) is 29.8 Å². The third-order valence-corrected chi connectivity index (χ3v) is 3.94. The Kier molecular flexibility index (Phi) is 4.08. The minimum absolute atomic E-state index is 0.0565. The zero-order chi connectivity index (χ0) is 16.3. The minimum atomic E-state index is -3.99. The first-order valence-corrected chi connectivity index (χ1v) is 7.31. The standard InChI is InChI=1S/C13H10N2O6S/c16-12-7-13(17)11(15(18)19)6-9(12)8-14-22(20,21)10-4-2-1-3-5-10/h1-8,16-17H/b14-8-. The summed E-state index contributed by atoms with van der Waals surface area (Å²) in [7, 11) is -3.99. The molecule has 0 spiro atoms. The largest absolute Gasteiger partial charge is 0.507 e. The molecule has 2 aromatic carbocycles. The summed E-state index contributed by atoms with van der Waals surface area (Å²) in [6, 6.07) is 8.93. The fourth-order valence-electron chi connectivity index (χ4n) is 1.61. The Morgan fingerprint density at radius 2 is 1.73 bits per heavy atom. The molecule has 0 heterocycles. The maximum absolute atomic E-state index is 11.9. The third kappa shape index (κ3) is 3.20. The maximum Gasteiger partial charge on any atom is 0.311 e. The van der Waals surface area contributed by atoms with Crippen molar-refractivity contribution in [3.05, 3.63) is 58.1 Å². The first kappa shape index (κ1) is 15.4. The van der Waals surface area contributed by atoms with Gasteiger partial charge in [0.2, 0.25) is 0 Å². The Bertz CT molecular complexity index is 846. The number of hydrogen-bond donors (Lipinski definition) is 2. The van der Waals surface area contributed by atoms with Crippen molar-refractivity contribution in [3.8, 4) is 11.5 Å². The van der Waals surface area contributed by atoms with Gasteiger partial charge < -0.3 is 10.2 Å². The Morgan fingerprint density at radius 1 is 1.09 bits per heavy atom. The quantitative estimate of drug-likeness (QED) is 0.501. The molecule has 2 N–H and O–H groups in total. The van der Waals surface area contributed by atoms with Gasteiger partial charge in [0.1, 0.15) is 5.75 Å². The molecule has 2 rings (SSSR count). The number of sulfonamides is 1. The van der Waals surface area contributed by atoms with E-state index in [0.29, 0.717) is 0 Å². The average molecular weight is 322 g/mol. The molecule has 114 valence electrons. The average Bonchev–Trinajstić information content (AvgIpc) is 2.47. The van der Waals surface area contributed by atoms with E-state index in [1.807, 2.05) is 0 Å². The van der Waals surface area contributed by atoms with Crippen LogP contribution in [0.3, 0.4) is 0 Å². The molecule has 22 heavy (non-hydrogen) atoms. The number of aromatic hydroxyl groups is 2. The molecule has 0 saturated carbocycles. The molecular formula is C13H10N2O6S. The van der Waals surface area contributed by atoms with Crippen LogP contribution in [0.25, 0.3) is 0 Å². The molecule has 9 heteroatoms. The Morgan fingerprint density at radius 3 is 2.32 bits per heavy atom. The summed E-state index contributed by atoms with van der Waals surface area (Å²) in [5.74, 6) is -1.26. The number of phenols is 2. The number of hydrogen-bond acceptors (Lipinski definition) is 6. The van der Waals surface area contributed by atoms with Crippen molar-refractivity contribution in [2.45, 2.75) is 4.90 Å². The molecule has 0 aliphatic carbocycles. The van der Waals surface area contributed by atoms with Crippen molar-refractivity contribution >= 4 is 21.9 Å². The zero-order valence-electron chi connectivity index (χ0n) is 10.9. The van der Waals surface area contributed by atoms with Gasteiger partial charge in [0.15, 0.2) is 5.75 Å². The van der Waals surface area contributed by atoms with E-state index in [0.717, 1.165) is 18.3 Å². The normalized spacial score (nSPS) is 11.6. The third-order valence-electron chi connectivity index (χ3n) is 2.69. The Hall–Kier alpha value is -2.94. The van der Waals surface area contributed by atoms with Crippen molar-refractivity contribution in [1.29, 1.82) is 0 Å². The van der Waals surface area contributed by atoms with Gasteiger partial charge in [-0.25, -0.2) is 0 Å². The number of nitrogens with zero attached hydrogens (tertiary/aromatic N) is 2. The first-order valence-electron chi connectivity index (χ1n) is 5.87. The maximum atomic E-state index is 11.9. The van der Waals surface area contributed by atoms with Gasteiger partial charge in [-0.2, -0.15) is 12.8 Å². The van der Waals surface area contributed by atoms with Gasteiger partial charge in [-0.3, -0.25) is 10.1 Å². The molecule has 0 aliphatic heterocycles. The molecule has 0 bridgehead atoms. The molecule has 0 saturated heterocycles. The summed E-state index contributed by atoms with van der Waals surface area (Å²) in [6.07, 6.45) is 0.782. The second kappa shape index (κ2) is 5.82. The number of nitro benzene ring substituents is 1. The van der Waals surface area contributed by atoms with E-state index in [2.05, 4.69) is 4.40 Å². The fraction of sp³-hybridized carbons (Fsp3) is 0. The van der Waals surface area contributed by atoms with E-state index in [1.165, 1.54) is 24.3 Å². The molecule has 2 aromatic rings. The van der Waals surface area contributed by atoms with Gasteiger partial charge in [0.05, 0.1) is 16.0 Å². The zero-order valence-corrected chi connectivity index (χ0v) is 11.8. The van der Waals surface area contributed by atoms with Crippen molar-refractivity contribution in [2.75, 3.05) is 0 Å². The molecule has 8 nitrogen and oxygen atoms in total. The molecule has 0 fully saturated rings. The van der Waals surface area contributed by atoms with Gasteiger partial charge >= 0.3 is 5.69 Å². The van der Waals surface area contributed by atoms with Crippen LogP contribution in [0.4, 0.5) is 5.69 Å². The summed E-state index contributed by atoms with van der Waals surface area (Å²) >= 11 is 0. The fourth-order valence-corrected chi connectivity index (χ4v) is 2.49. The van der Waals surface area contributed by atoms with Crippen LogP contribution in [-0.2, 0) is 10.0 Å². The lowest BCUT2D eigenvalue weighted by atomic mass is 10.2. The second-order valence-electron chi connectivity index (χ2n) is 4.18. The highest BCUT2D eigenvalue weighted by Crippen LogP contribution is 2.32. The summed E-state index contributed by atoms with van der Waals surface area (Å²) in [4.78, 5) is 9.79. The van der Waals surface area contributed by atoms with Gasteiger partial charge in [-0.05, 0) is 12.1 Å². The number of phenolic OH excluding ortho intramolecular Hbond substituents is 2. The van der Waals surface area contributed by atoms with Crippen LogP contribution in [0, 0.1) is 10.1 Å². The van der Waals surface area contributed by atoms with Crippen LogP contribution in [0.5, 0.6) is 11.5 Å². The van der Waals surface area contributed by atoms with E-state index < -0.39 is 32.1 Å². The Labute approximate surface area is 125 Å². The molecule has 0 unspecified atom stereocenters. The van der Waals surface area contributed by atoms with Crippen LogP contribution in [0.15, 0.2) is 51.8 Å². The van der Waals surface area contributed by atoms with E-state index in [9.17, 15) is 28.7 Å². The minimum Gasteiger partial charge on any atom is -0.507 e. The predicted octanol–water partition coefficient (Wildman–Crippen LogP) is 1.81. The number of rotatable bonds is 4. The molecule has 0 aromatic heterocycles. The lowest BCUT2D eigenvalue weighted by molar-refractivity contribution is -0.385. The van der Waals surface area contributed by atoms with Gasteiger partial charge in [-0.1, -0.05) is 18.2 Å². The van der Waals surface area contributed by atoms with Crippen molar-refractivity contribution in [2.24, 2.45) is 4.40 Å². The van der Waals surface area contributed by atoms with Gasteiger partial charge in [-0.15, -0.1) is 0 Å². The molecule has 0 radical (unpaired) electrons. The van der Waals surface area contributed by atoms with E-state index in [1.54, 1.807) is 6.07 Å². The SMILES string of the molecule is O=[N+]([O-])c1cc(/C=N\S(=O)(=O)c2ccccc2)c(O)cc1O. The number of nitro groups is 1. The van der Waals surface area contributed by atoms with Gasteiger partial charge in [0, 0.05) is 17.7 Å². The van der Waals surface area contributed by atoms with E-state index >= 15 is 0 Å². The molecular weight excluding hydrogens is 312 g/mol. The highest BCUT2D eigenvalue weighted by atomic mass is 32.2. The predicted molar refractivity (Wildman–Crippen MR) is 77.6 cm³/mol. The topological polar surface area (TPSA) is 130 Å². The summed E-state index contributed by atoms with van der Waals surface area (Å²) in [5, 5.41) is 29.6. The van der Waals surface area contributed by atoms with Crippen LogP contribution in [0.1, 0.15) is 5.56 Å². The molecule has 0 aliphatic rings.